The van der Waals surface area contributed by atoms with Gasteiger partial charge in [-0.2, -0.15) is 0 Å². The van der Waals surface area contributed by atoms with Crippen LogP contribution in [0.3, 0.4) is 0 Å². The lowest BCUT2D eigenvalue weighted by Gasteiger charge is -2.16. The molecule has 2 aromatic rings. The molecule has 0 spiro atoms. The molecule has 0 aliphatic rings. The average Bonchev–Trinajstić information content (AvgIpc) is 2.91. The van der Waals surface area contributed by atoms with E-state index in [1.165, 1.54) is 11.3 Å². The second kappa shape index (κ2) is 7.92. The van der Waals surface area contributed by atoms with Crippen molar-refractivity contribution in [1.29, 1.82) is 0 Å². The molecule has 1 heterocycles. The smallest absolute Gasteiger partial charge is 0.263 e. The lowest BCUT2D eigenvalue weighted by atomic mass is 10.0. The second-order valence-corrected chi connectivity index (χ2v) is 10.6. The van der Waals surface area contributed by atoms with Crippen LogP contribution in [-0.2, 0) is 10.0 Å². The molecule has 0 fully saturated rings. The molecule has 6 nitrogen and oxygen atoms in total. The van der Waals surface area contributed by atoms with E-state index in [0.29, 0.717) is 16.6 Å². The van der Waals surface area contributed by atoms with Crippen molar-refractivity contribution in [2.75, 3.05) is 11.8 Å². The zero-order valence-corrected chi connectivity index (χ0v) is 17.6. The molecule has 1 aromatic heterocycles. The highest BCUT2D eigenvalue weighted by Gasteiger charge is 2.22. The summed E-state index contributed by atoms with van der Waals surface area (Å²) < 4.78 is 34.3. The largest absolute Gasteiger partial charge is 0.496 e. The van der Waals surface area contributed by atoms with Crippen molar-refractivity contribution in [3.05, 3.63) is 23.3 Å². The fourth-order valence-electron chi connectivity index (χ4n) is 2.26. The topological polar surface area (TPSA) is 81.2 Å². The van der Waals surface area contributed by atoms with Crippen LogP contribution in [0.4, 0.5) is 5.13 Å². The number of hydrogen-bond donors (Lipinski definition) is 1. The summed E-state index contributed by atoms with van der Waals surface area (Å²) in [6.07, 6.45) is 0. The van der Waals surface area contributed by atoms with E-state index < -0.39 is 10.0 Å². The standard InChI is InChI=1S/C16H23N3O3S3/c1-9(2)12-8-14(11(5)7-13(12)22-6)25(20,21)19-15-17-18-16(24-15)23-10(3)4/h7-10H,1-6H3,(H,17,19). The molecule has 1 N–H and O–H groups in total. The van der Waals surface area contributed by atoms with Crippen molar-refractivity contribution in [3.8, 4) is 5.75 Å². The normalized spacial score (nSPS) is 12.0. The Bertz CT molecular complexity index is 846. The fourth-order valence-corrected chi connectivity index (χ4v) is 5.73. The number of thioether (sulfide) groups is 1. The van der Waals surface area contributed by atoms with Gasteiger partial charge in [0.2, 0.25) is 5.13 Å². The van der Waals surface area contributed by atoms with Crippen LogP contribution in [-0.4, -0.2) is 31.0 Å². The summed E-state index contributed by atoms with van der Waals surface area (Å²) in [5, 5.41) is 8.57. The highest BCUT2D eigenvalue weighted by Crippen LogP contribution is 2.33. The SMILES string of the molecule is COc1cc(C)c(S(=O)(=O)Nc2nnc(SC(C)C)s2)cc1C(C)C. The molecule has 0 saturated carbocycles. The Morgan fingerprint density at radius 2 is 1.88 bits per heavy atom. The van der Waals surface area contributed by atoms with Crippen LogP contribution in [0.25, 0.3) is 0 Å². The van der Waals surface area contributed by atoms with Crippen LogP contribution in [0.1, 0.15) is 44.7 Å². The van der Waals surface area contributed by atoms with Crippen LogP contribution in [0.2, 0.25) is 0 Å². The highest BCUT2D eigenvalue weighted by molar-refractivity contribution is 8.01. The zero-order chi connectivity index (χ0) is 18.8. The van der Waals surface area contributed by atoms with Crippen molar-refractivity contribution in [3.63, 3.8) is 0 Å². The van der Waals surface area contributed by atoms with Gasteiger partial charge in [0.1, 0.15) is 5.75 Å². The van der Waals surface area contributed by atoms with Crippen LogP contribution in [0, 0.1) is 6.92 Å². The Balaban J connectivity index is 2.36. The summed E-state index contributed by atoms with van der Waals surface area (Å²) in [4.78, 5) is 0.227. The molecule has 1 aromatic carbocycles. The molecule has 0 atom stereocenters. The number of anilines is 1. The first-order valence-electron chi connectivity index (χ1n) is 7.85. The van der Waals surface area contributed by atoms with Crippen molar-refractivity contribution in [2.45, 2.75) is 55.0 Å². The molecular formula is C16H23N3O3S3. The number of sulfonamides is 1. The summed E-state index contributed by atoms with van der Waals surface area (Å²) in [6, 6.07) is 3.43. The summed E-state index contributed by atoms with van der Waals surface area (Å²) in [5.74, 6) is 0.832. The summed E-state index contributed by atoms with van der Waals surface area (Å²) in [6.45, 7) is 9.84. The molecule has 25 heavy (non-hydrogen) atoms. The Morgan fingerprint density at radius 1 is 1.20 bits per heavy atom. The number of hydrogen-bond acceptors (Lipinski definition) is 7. The lowest BCUT2D eigenvalue weighted by Crippen LogP contribution is -2.15. The Hall–Kier alpha value is -1.32. The first-order chi connectivity index (χ1) is 11.6. The molecule has 0 saturated heterocycles. The Morgan fingerprint density at radius 3 is 2.44 bits per heavy atom. The summed E-state index contributed by atoms with van der Waals surface area (Å²) >= 11 is 2.78. The van der Waals surface area contributed by atoms with Gasteiger partial charge in [-0.15, -0.1) is 10.2 Å². The maximum absolute atomic E-state index is 12.8. The maximum atomic E-state index is 12.8. The van der Waals surface area contributed by atoms with Crippen LogP contribution < -0.4 is 9.46 Å². The predicted molar refractivity (Wildman–Crippen MR) is 104 cm³/mol. The van der Waals surface area contributed by atoms with Gasteiger partial charge in [0, 0.05) is 5.25 Å². The Labute approximate surface area is 157 Å². The van der Waals surface area contributed by atoms with Gasteiger partial charge in [-0.1, -0.05) is 50.8 Å². The highest BCUT2D eigenvalue weighted by atomic mass is 32.2. The van der Waals surface area contributed by atoms with Crippen LogP contribution in [0.15, 0.2) is 21.4 Å². The molecule has 0 amide bonds. The summed E-state index contributed by atoms with van der Waals surface area (Å²) in [7, 11) is -2.16. The predicted octanol–water partition coefficient (Wildman–Crippen LogP) is 4.28. The van der Waals surface area contributed by atoms with Gasteiger partial charge in [0.05, 0.1) is 12.0 Å². The monoisotopic (exact) mass is 401 g/mol. The number of aryl methyl sites for hydroxylation is 1. The number of nitrogens with zero attached hydrogens (tertiary/aromatic N) is 2. The van der Waals surface area contributed by atoms with E-state index in [1.54, 1.807) is 37.9 Å². The minimum absolute atomic E-state index is 0.139. The van der Waals surface area contributed by atoms with Gasteiger partial charge >= 0.3 is 0 Å². The number of nitrogens with one attached hydrogen (secondary N) is 1. The molecule has 0 bridgehead atoms. The maximum Gasteiger partial charge on any atom is 0.263 e. The molecule has 0 aliphatic carbocycles. The minimum Gasteiger partial charge on any atom is -0.496 e. The zero-order valence-electron chi connectivity index (χ0n) is 15.2. The van der Waals surface area contributed by atoms with Gasteiger partial charge in [0.25, 0.3) is 10.0 Å². The number of methoxy groups -OCH3 is 1. The van der Waals surface area contributed by atoms with Gasteiger partial charge in [0.15, 0.2) is 4.34 Å². The van der Waals surface area contributed by atoms with E-state index in [4.69, 9.17) is 4.74 Å². The van der Waals surface area contributed by atoms with E-state index >= 15 is 0 Å². The number of aromatic nitrogens is 2. The molecule has 9 heteroatoms. The minimum atomic E-state index is -3.75. The molecule has 0 aliphatic heterocycles. The van der Waals surface area contributed by atoms with E-state index in [2.05, 4.69) is 14.9 Å². The third-order valence-electron chi connectivity index (χ3n) is 3.40. The van der Waals surface area contributed by atoms with Gasteiger partial charge in [-0.25, -0.2) is 8.42 Å². The average molecular weight is 402 g/mol. The molecule has 2 rings (SSSR count). The quantitative estimate of drug-likeness (QED) is 0.698. The van der Waals surface area contributed by atoms with Crippen molar-refractivity contribution in [1.82, 2.24) is 10.2 Å². The van der Waals surface area contributed by atoms with Crippen molar-refractivity contribution >= 4 is 38.3 Å². The third kappa shape index (κ3) is 4.86. The molecular weight excluding hydrogens is 378 g/mol. The van der Waals surface area contributed by atoms with E-state index in [-0.39, 0.29) is 15.9 Å². The number of benzene rings is 1. The number of rotatable bonds is 7. The van der Waals surface area contributed by atoms with Crippen LogP contribution >= 0.6 is 23.1 Å². The molecule has 0 radical (unpaired) electrons. The lowest BCUT2D eigenvalue weighted by molar-refractivity contribution is 0.406. The third-order valence-corrected chi connectivity index (χ3v) is 6.94. The first-order valence-corrected chi connectivity index (χ1v) is 11.0. The summed E-state index contributed by atoms with van der Waals surface area (Å²) in [5.41, 5.74) is 1.47. The van der Waals surface area contributed by atoms with Crippen LogP contribution in [0.5, 0.6) is 5.75 Å². The Kier molecular flexibility index (Phi) is 6.34. The second-order valence-electron chi connectivity index (χ2n) is 6.16. The first kappa shape index (κ1) is 20.0. The van der Waals surface area contributed by atoms with E-state index in [0.717, 1.165) is 9.90 Å². The number of ether oxygens (including phenoxy) is 1. The van der Waals surface area contributed by atoms with Gasteiger partial charge in [-0.3, -0.25) is 4.72 Å². The fraction of sp³-hybridized carbons (Fsp3) is 0.500. The van der Waals surface area contributed by atoms with Gasteiger partial charge < -0.3 is 4.74 Å². The van der Waals surface area contributed by atoms with E-state index in [9.17, 15) is 8.42 Å². The van der Waals surface area contributed by atoms with Crippen molar-refractivity contribution < 1.29 is 13.2 Å². The molecule has 138 valence electrons. The molecule has 0 unspecified atom stereocenters. The van der Waals surface area contributed by atoms with Gasteiger partial charge in [-0.05, 0) is 36.1 Å². The van der Waals surface area contributed by atoms with E-state index in [1.807, 2.05) is 27.7 Å². The van der Waals surface area contributed by atoms with Crippen molar-refractivity contribution in [2.24, 2.45) is 0 Å².